The van der Waals surface area contributed by atoms with E-state index >= 15 is 0 Å². The summed E-state index contributed by atoms with van der Waals surface area (Å²) in [4.78, 5) is -0.111. The molecule has 0 heterocycles. The van der Waals surface area contributed by atoms with Crippen LogP contribution in [0.4, 0.5) is 11.4 Å². The Balaban J connectivity index is 2.43. The standard InChI is InChI=1S/C13H12Cl2N2O2S/c1-8-3-2-4-9(5-8)17-20(18,19)13-7-10(14)12(16)6-11(13)15/h2-7,17H,16H2,1H3. The fourth-order valence-corrected chi connectivity index (χ4v) is 3.51. The van der Waals surface area contributed by atoms with E-state index in [0.717, 1.165) is 5.56 Å². The number of nitrogens with two attached hydrogens (primary N) is 1. The zero-order valence-electron chi connectivity index (χ0n) is 10.5. The van der Waals surface area contributed by atoms with Crippen molar-refractivity contribution < 1.29 is 8.42 Å². The lowest BCUT2D eigenvalue weighted by atomic mass is 10.2. The molecular weight excluding hydrogens is 319 g/mol. The van der Waals surface area contributed by atoms with Crippen LogP contribution >= 0.6 is 23.2 Å². The van der Waals surface area contributed by atoms with E-state index in [4.69, 9.17) is 28.9 Å². The minimum absolute atomic E-state index is 0.0204. The summed E-state index contributed by atoms with van der Waals surface area (Å²) in [6, 6.07) is 9.53. The van der Waals surface area contributed by atoms with E-state index in [9.17, 15) is 8.42 Å². The molecule has 0 bridgehead atoms. The fourth-order valence-electron chi connectivity index (χ4n) is 1.67. The second-order valence-electron chi connectivity index (χ2n) is 4.28. The third-order valence-corrected chi connectivity index (χ3v) is 4.78. The van der Waals surface area contributed by atoms with Crippen LogP contribution in [0, 0.1) is 6.92 Å². The number of sulfonamides is 1. The van der Waals surface area contributed by atoms with Gasteiger partial charge in [0.15, 0.2) is 0 Å². The van der Waals surface area contributed by atoms with Gasteiger partial charge in [-0.25, -0.2) is 8.42 Å². The molecule has 0 saturated heterocycles. The van der Waals surface area contributed by atoms with Gasteiger partial charge in [0.1, 0.15) is 4.90 Å². The van der Waals surface area contributed by atoms with Crippen molar-refractivity contribution in [2.45, 2.75) is 11.8 Å². The van der Waals surface area contributed by atoms with Crippen LogP contribution < -0.4 is 10.5 Å². The van der Waals surface area contributed by atoms with Gasteiger partial charge >= 0.3 is 0 Å². The van der Waals surface area contributed by atoms with Crippen molar-refractivity contribution in [3.05, 3.63) is 52.0 Å². The van der Waals surface area contributed by atoms with Crippen molar-refractivity contribution in [3.63, 3.8) is 0 Å². The van der Waals surface area contributed by atoms with E-state index in [1.54, 1.807) is 18.2 Å². The van der Waals surface area contributed by atoms with Crippen LogP contribution in [0.15, 0.2) is 41.3 Å². The molecule has 2 aromatic rings. The molecule has 4 nitrogen and oxygen atoms in total. The van der Waals surface area contributed by atoms with Gasteiger partial charge in [-0.15, -0.1) is 0 Å². The summed E-state index contributed by atoms with van der Waals surface area (Å²) in [6.07, 6.45) is 0. The molecule has 0 aliphatic rings. The number of anilines is 2. The van der Waals surface area contributed by atoms with Crippen LogP contribution in [0.5, 0.6) is 0 Å². The summed E-state index contributed by atoms with van der Waals surface area (Å²) in [6.45, 7) is 1.87. The van der Waals surface area contributed by atoms with Gasteiger partial charge in [0, 0.05) is 5.69 Å². The Kier molecular flexibility index (Phi) is 4.13. The highest BCUT2D eigenvalue weighted by molar-refractivity contribution is 7.92. The first-order valence-corrected chi connectivity index (χ1v) is 7.87. The Morgan fingerprint density at radius 2 is 1.80 bits per heavy atom. The first-order chi connectivity index (χ1) is 9.29. The van der Waals surface area contributed by atoms with Gasteiger partial charge in [0.25, 0.3) is 10.0 Å². The zero-order valence-corrected chi connectivity index (χ0v) is 12.9. The van der Waals surface area contributed by atoms with Crippen molar-refractivity contribution in [1.29, 1.82) is 0 Å². The third-order valence-electron chi connectivity index (χ3n) is 2.61. The number of nitrogen functional groups attached to an aromatic ring is 1. The number of benzene rings is 2. The minimum atomic E-state index is -3.82. The van der Waals surface area contributed by atoms with Gasteiger partial charge in [0.05, 0.1) is 15.7 Å². The van der Waals surface area contributed by atoms with E-state index in [1.807, 2.05) is 13.0 Å². The summed E-state index contributed by atoms with van der Waals surface area (Å²) < 4.78 is 27.1. The highest BCUT2D eigenvalue weighted by atomic mass is 35.5. The molecule has 0 radical (unpaired) electrons. The summed E-state index contributed by atoms with van der Waals surface area (Å²) >= 11 is 11.8. The summed E-state index contributed by atoms with van der Waals surface area (Å²) in [7, 11) is -3.82. The second kappa shape index (κ2) is 5.52. The molecule has 2 aromatic carbocycles. The van der Waals surface area contributed by atoms with Gasteiger partial charge in [-0.3, -0.25) is 4.72 Å². The lowest BCUT2D eigenvalue weighted by molar-refractivity contribution is 0.601. The summed E-state index contributed by atoms with van der Waals surface area (Å²) in [5, 5.41) is 0.158. The maximum Gasteiger partial charge on any atom is 0.263 e. The van der Waals surface area contributed by atoms with Crippen molar-refractivity contribution in [1.82, 2.24) is 0 Å². The number of rotatable bonds is 3. The SMILES string of the molecule is Cc1cccc(NS(=O)(=O)c2cc(Cl)c(N)cc2Cl)c1. The molecule has 0 aliphatic heterocycles. The van der Waals surface area contributed by atoms with Crippen LogP contribution in [-0.4, -0.2) is 8.42 Å². The number of halogens is 2. The molecule has 0 aliphatic carbocycles. The van der Waals surface area contributed by atoms with Crippen LogP contribution in [0.3, 0.4) is 0 Å². The van der Waals surface area contributed by atoms with E-state index in [1.165, 1.54) is 12.1 Å². The minimum Gasteiger partial charge on any atom is -0.397 e. The Morgan fingerprint density at radius 1 is 1.10 bits per heavy atom. The molecule has 7 heteroatoms. The lowest BCUT2D eigenvalue weighted by Crippen LogP contribution is -2.13. The normalized spacial score (nSPS) is 11.3. The number of hydrogen-bond acceptors (Lipinski definition) is 3. The molecule has 0 atom stereocenters. The van der Waals surface area contributed by atoms with Gasteiger partial charge in [0.2, 0.25) is 0 Å². The molecule has 0 amide bonds. The quantitative estimate of drug-likeness (QED) is 0.843. The Labute approximate surface area is 127 Å². The average Bonchev–Trinajstić information content (AvgIpc) is 2.33. The molecule has 0 saturated carbocycles. The van der Waals surface area contributed by atoms with Gasteiger partial charge < -0.3 is 5.73 Å². The Hall–Kier alpha value is -1.43. The molecule has 0 fully saturated rings. The first kappa shape index (κ1) is 15.0. The van der Waals surface area contributed by atoms with E-state index in [-0.39, 0.29) is 20.6 Å². The molecule has 20 heavy (non-hydrogen) atoms. The summed E-state index contributed by atoms with van der Waals surface area (Å²) in [5.41, 5.74) is 7.19. The number of aryl methyl sites for hydroxylation is 1. The lowest BCUT2D eigenvalue weighted by Gasteiger charge is -2.11. The zero-order chi connectivity index (χ0) is 14.9. The smallest absolute Gasteiger partial charge is 0.263 e. The van der Waals surface area contributed by atoms with Crippen molar-refractivity contribution in [2.24, 2.45) is 0 Å². The van der Waals surface area contributed by atoms with E-state index < -0.39 is 10.0 Å². The Bertz CT molecular complexity index is 761. The van der Waals surface area contributed by atoms with E-state index in [2.05, 4.69) is 4.72 Å². The predicted octanol–water partition coefficient (Wildman–Crippen LogP) is 3.68. The topological polar surface area (TPSA) is 72.2 Å². The first-order valence-electron chi connectivity index (χ1n) is 5.63. The molecule has 3 N–H and O–H groups in total. The van der Waals surface area contributed by atoms with Gasteiger partial charge in [-0.1, -0.05) is 35.3 Å². The van der Waals surface area contributed by atoms with Crippen LogP contribution in [0.1, 0.15) is 5.56 Å². The molecule has 0 aromatic heterocycles. The van der Waals surface area contributed by atoms with Crippen LogP contribution in [0.25, 0.3) is 0 Å². The van der Waals surface area contributed by atoms with Gasteiger partial charge in [-0.2, -0.15) is 0 Å². The second-order valence-corrected chi connectivity index (χ2v) is 6.74. The average molecular weight is 331 g/mol. The van der Waals surface area contributed by atoms with Crippen LogP contribution in [-0.2, 0) is 10.0 Å². The molecular formula is C13H12Cl2N2O2S. The highest BCUT2D eigenvalue weighted by Crippen LogP contribution is 2.31. The maximum atomic E-state index is 12.3. The largest absolute Gasteiger partial charge is 0.397 e. The van der Waals surface area contributed by atoms with E-state index in [0.29, 0.717) is 5.69 Å². The molecule has 0 spiro atoms. The molecule has 0 unspecified atom stereocenters. The Morgan fingerprint density at radius 3 is 2.45 bits per heavy atom. The van der Waals surface area contributed by atoms with Gasteiger partial charge in [-0.05, 0) is 36.8 Å². The summed E-state index contributed by atoms with van der Waals surface area (Å²) in [5.74, 6) is 0. The predicted molar refractivity (Wildman–Crippen MR) is 82.9 cm³/mol. The molecule has 2 rings (SSSR count). The monoisotopic (exact) mass is 330 g/mol. The fraction of sp³-hybridized carbons (Fsp3) is 0.0769. The van der Waals surface area contributed by atoms with Crippen molar-refractivity contribution in [2.75, 3.05) is 10.5 Å². The maximum absolute atomic E-state index is 12.3. The highest BCUT2D eigenvalue weighted by Gasteiger charge is 2.19. The third kappa shape index (κ3) is 3.17. The number of hydrogen-bond donors (Lipinski definition) is 2. The van der Waals surface area contributed by atoms with Crippen LogP contribution in [0.2, 0.25) is 10.0 Å². The molecule has 106 valence electrons. The van der Waals surface area contributed by atoms with Crippen molar-refractivity contribution in [3.8, 4) is 0 Å². The number of nitrogens with one attached hydrogen (secondary N) is 1. The van der Waals surface area contributed by atoms with Crippen molar-refractivity contribution >= 4 is 44.6 Å².